The van der Waals surface area contributed by atoms with Gasteiger partial charge >= 0.3 is 5.97 Å². The smallest absolute Gasteiger partial charge is 0.340 e. The van der Waals surface area contributed by atoms with E-state index in [2.05, 4.69) is 10.3 Å². The van der Waals surface area contributed by atoms with Gasteiger partial charge in [-0.2, -0.15) is 0 Å². The Kier molecular flexibility index (Phi) is 4.91. The normalized spacial score (nSPS) is 10.2. The molecule has 0 aliphatic rings. The Morgan fingerprint density at radius 3 is 2.61 bits per heavy atom. The average molecular weight is 254 g/mol. The number of rotatable bonds is 5. The number of H-pyrrole nitrogens is 1. The molecule has 0 unspecified atom stereocenters. The number of aliphatic hydroxyl groups excluding tert-OH is 1. The highest BCUT2D eigenvalue weighted by Crippen LogP contribution is 2.18. The summed E-state index contributed by atoms with van der Waals surface area (Å²) in [6.07, 6.45) is 0. The van der Waals surface area contributed by atoms with Gasteiger partial charge < -0.3 is 20.1 Å². The molecule has 1 amide bonds. The van der Waals surface area contributed by atoms with Gasteiger partial charge in [0.15, 0.2) is 0 Å². The third kappa shape index (κ3) is 2.89. The molecule has 0 atom stereocenters. The van der Waals surface area contributed by atoms with Gasteiger partial charge in [0.05, 0.1) is 18.8 Å². The summed E-state index contributed by atoms with van der Waals surface area (Å²) in [7, 11) is 0. The maximum absolute atomic E-state index is 11.8. The fraction of sp³-hybridized carbons (Fsp3) is 0.500. The molecule has 3 N–H and O–H groups in total. The van der Waals surface area contributed by atoms with Gasteiger partial charge in [-0.1, -0.05) is 0 Å². The third-order valence-corrected chi connectivity index (χ3v) is 2.54. The highest BCUT2D eigenvalue weighted by atomic mass is 16.5. The zero-order valence-corrected chi connectivity index (χ0v) is 10.8. The van der Waals surface area contributed by atoms with E-state index in [0.29, 0.717) is 22.5 Å². The van der Waals surface area contributed by atoms with Crippen molar-refractivity contribution >= 4 is 11.9 Å². The molecule has 0 spiro atoms. The van der Waals surface area contributed by atoms with E-state index in [1.165, 1.54) is 0 Å². The molecule has 18 heavy (non-hydrogen) atoms. The van der Waals surface area contributed by atoms with E-state index in [0.717, 1.165) is 0 Å². The molecule has 1 aromatic heterocycles. The van der Waals surface area contributed by atoms with Crippen LogP contribution in [-0.4, -0.2) is 41.7 Å². The standard InChI is InChI=1S/C12H18N2O4/c1-4-18-12(17)9-7(2)10(14-8(9)3)11(16)13-5-6-15/h14-15H,4-6H2,1-3H3,(H,13,16). The van der Waals surface area contributed by atoms with Crippen molar-refractivity contribution in [3.8, 4) is 0 Å². The lowest BCUT2D eigenvalue weighted by Crippen LogP contribution is -2.27. The number of aromatic nitrogens is 1. The van der Waals surface area contributed by atoms with Gasteiger partial charge in [-0.05, 0) is 26.3 Å². The van der Waals surface area contributed by atoms with Crippen LogP contribution in [0.25, 0.3) is 0 Å². The predicted molar refractivity (Wildman–Crippen MR) is 65.6 cm³/mol. The Bertz CT molecular complexity index is 451. The number of ether oxygens (including phenoxy) is 1. The minimum atomic E-state index is -0.440. The number of aryl methyl sites for hydroxylation is 1. The Labute approximate surface area is 105 Å². The van der Waals surface area contributed by atoms with Gasteiger partial charge in [0.25, 0.3) is 5.91 Å². The van der Waals surface area contributed by atoms with Crippen molar-refractivity contribution in [1.82, 2.24) is 10.3 Å². The Morgan fingerprint density at radius 2 is 2.06 bits per heavy atom. The summed E-state index contributed by atoms with van der Waals surface area (Å²) in [5.41, 5.74) is 1.87. The van der Waals surface area contributed by atoms with Crippen molar-refractivity contribution in [1.29, 1.82) is 0 Å². The quantitative estimate of drug-likeness (QED) is 0.668. The highest BCUT2D eigenvalue weighted by molar-refractivity contribution is 6.00. The minimum Gasteiger partial charge on any atom is -0.462 e. The second-order valence-electron chi connectivity index (χ2n) is 3.82. The summed E-state index contributed by atoms with van der Waals surface area (Å²) >= 11 is 0. The van der Waals surface area contributed by atoms with Crippen molar-refractivity contribution < 1.29 is 19.4 Å². The van der Waals surface area contributed by atoms with Crippen LogP contribution < -0.4 is 5.32 Å². The predicted octanol–water partition coefficient (Wildman–Crippen LogP) is 0.530. The molecule has 0 aromatic carbocycles. The van der Waals surface area contributed by atoms with Crippen LogP contribution in [-0.2, 0) is 4.74 Å². The van der Waals surface area contributed by atoms with E-state index in [-0.39, 0.29) is 25.7 Å². The first kappa shape index (κ1) is 14.2. The van der Waals surface area contributed by atoms with E-state index in [4.69, 9.17) is 9.84 Å². The van der Waals surface area contributed by atoms with Crippen LogP contribution in [0, 0.1) is 13.8 Å². The average Bonchev–Trinajstić information content (AvgIpc) is 2.62. The summed E-state index contributed by atoms with van der Waals surface area (Å²) in [4.78, 5) is 26.4. The first-order chi connectivity index (χ1) is 8.52. The van der Waals surface area contributed by atoms with Gasteiger partial charge in [0, 0.05) is 12.2 Å². The van der Waals surface area contributed by atoms with E-state index >= 15 is 0 Å². The number of hydrogen-bond donors (Lipinski definition) is 3. The van der Waals surface area contributed by atoms with Crippen LogP contribution >= 0.6 is 0 Å². The number of carbonyl (C=O) groups excluding carboxylic acids is 2. The monoisotopic (exact) mass is 254 g/mol. The summed E-state index contributed by atoms with van der Waals surface area (Å²) in [6, 6.07) is 0. The molecule has 6 nitrogen and oxygen atoms in total. The topological polar surface area (TPSA) is 91.4 Å². The maximum Gasteiger partial charge on any atom is 0.340 e. The second-order valence-corrected chi connectivity index (χ2v) is 3.82. The molecular formula is C12H18N2O4. The van der Waals surface area contributed by atoms with E-state index in [9.17, 15) is 9.59 Å². The lowest BCUT2D eigenvalue weighted by molar-refractivity contribution is 0.0525. The molecule has 6 heteroatoms. The van der Waals surface area contributed by atoms with Crippen LogP contribution in [0.1, 0.15) is 39.0 Å². The first-order valence-corrected chi connectivity index (χ1v) is 5.78. The van der Waals surface area contributed by atoms with E-state index < -0.39 is 5.97 Å². The molecule has 1 rings (SSSR count). The van der Waals surface area contributed by atoms with Crippen LogP contribution in [0.4, 0.5) is 0 Å². The number of aliphatic hydroxyl groups is 1. The molecule has 1 aromatic rings. The number of esters is 1. The molecule has 0 aliphatic carbocycles. The van der Waals surface area contributed by atoms with Crippen LogP contribution in [0.3, 0.4) is 0 Å². The van der Waals surface area contributed by atoms with Crippen LogP contribution in [0.2, 0.25) is 0 Å². The zero-order valence-electron chi connectivity index (χ0n) is 10.8. The third-order valence-electron chi connectivity index (χ3n) is 2.54. The molecule has 100 valence electrons. The largest absolute Gasteiger partial charge is 0.462 e. The number of amides is 1. The van der Waals surface area contributed by atoms with Gasteiger partial charge in [0.2, 0.25) is 0 Å². The molecular weight excluding hydrogens is 236 g/mol. The summed E-state index contributed by atoms with van der Waals surface area (Å²) in [5.74, 6) is -0.787. The number of aromatic amines is 1. The van der Waals surface area contributed by atoms with E-state index in [1.54, 1.807) is 20.8 Å². The second kappa shape index (κ2) is 6.20. The highest BCUT2D eigenvalue weighted by Gasteiger charge is 2.22. The minimum absolute atomic E-state index is 0.130. The van der Waals surface area contributed by atoms with Crippen LogP contribution in [0.5, 0.6) is 0 Å². The van der Waals surface area contributed by atoms with Gasteiger partial charge in [0.1, 0.15) is 5.69 Å². The van der Waals surface area contributed by atoms with E-state index in [1.807, 2.05) is 0 Å². The fourth-order valence-corrected chi connectivity index (χ4v) is 1.74. The first-order valence-electron chi connectivity index (χ1n) is 5.78. The molecule has 0 fully saturated rings. The van der Waals surface area contributed by atoms with Crippen LogP contribution in [0.15, 0.2) is 0 Å². The Balaban J connectivity index is 3.00. The lowest BCUT2D eigenvalue weighted by atomic mass is 10.1. The lowest BCUT2D eigenvalue weighted by Gasteiger charge is -2.03. The SMILES string of the molecule is CCOC(=O)c1c(C)[nH]c(C(=O)NCCO)c1C. The summed E-state index contributed by atoms with van der Waals surface area (Å²) in [5, 5.41) is 11.2. The van der Waals surface area contributed by atoms with Crippen molar-refractivity contribution in [3.05, 3.63) is 22.5 Å². The number of nitrogens with one attached hydrogen (secondary N) is 2. The Morgan fingerprint density at radius 1 is 1.39 bits per heavy atom. The van der Waals surface area contributed by atoms with Gasteiger partial charge in [-0.3, -0.25) is 4.79 Å². The molecule has 0 aliphatic heterocycles. The number of hydrogen-bond acceptors (Lipinski definition) is 4. The van der Waals surface area contributed by atoms with Crippen molar-refractivity contribution in [2.45, 2.75) is 20.8 Å². The summed E-state index contributed by atoms with van der Waals surface area (Å²) < 4.78 is 4.93. The maximum atomic E-state index is 11.8. The Hall–Kier alpha value is -1.82. The fourth-order valence-electron chi connectivity index (χ4n) is 1.74. The zero-order chi connectivity index (χ0) is 13.7. The van der Waals surface area contributed by atoms with Gasteiger partial charge in [-0.15, -0.1) is 0 Å². The molecule has 0 saturated heterocycles. The van der Waals surface area contributed by atoms with Crippen molar-refractivity contribution in [3.63, 3.8) is 0 Å². The number of carbonyl (C=O) groups is 2. The molecule has 0 saturated carbocycles. The molecule has 0 bridgehead atoms. The molecule has 0 radical (unpaired) electrons. The summed E-state index contributed by atoms with van der Waals surface area (Å²) in [6.45, 7) is 5.45. The van der Waals surface area contributed by atoms with Crippen molar-refractivity contribution in [2.24, 2.45) is 0 Å². The van der Waals surface area contributed by atoms with Crippen molar-refractivity contribution in [2.75, 3.05) is 19.8 Å². The molecule has 1 heterocycles. The van der Waals surface area contributed by atoms with Gasteiger partial charge in [-0.25, -0.2) is 4.79 Å².